The number of carboxylic acid groups (broad SMARTS) is 1. The molecule has 3 rings (SSSR count). The highest BCUT2D eigenvalue weighted by molar-refractivity contribution is 5.73. The minimum Gasteiger partial charge on any atom is -0.475 e. The van der Waals surface area contributed by atoms with Gasteiger partial charge < -0.3 is 16.2 Å². The summed E-state index contributed by atoms with van der Waals surface area (Å²) in [5, 5.41) is 14.6. The van der Waals surface area contributed by atoms with Gasteiger partial charge in [0.25, 0.3) is 0 Å². The summed E-state index contributed by atoms with van der Waals surface area (Å²) < 4.78 is 47.1. The van der Waals surface area contributed by atoms with Crippen molar-refractivity contribution in [3.05, 3.63) is 54.7 Å². The van der Waals surface area contributed by atoms with E-state index in [9.17, 15) is 17.6 Å². The van der Waals surface area contributed by atoms with Crippen molar-refractivity contribution in [2.24, 2.45) is 5.73 Å². The highest BCUT2D eigenvalue weighted by atomic mass is 19.4. The number of hydrogen-bond donors (Lipinski definition) is 3. The van der Waals surface area contributed by atoms with Crippen LogP contribution in [0.1, 0.15) is 19.3 Å². The van der Waals surface area contributed by atoms with Gasteiger partial charge in [0.1, 0.15) is 11.5 Å². The number of anilines is 1. The molecule has 2 aromatic heterocycles. The van der Waals surface area contributed by atoms with E-state index < -0.39 is 12.1 Å². The van der Waals surface area contributed by atoms with Crippen LogP contribution in [-0.4, -0.2) is 50.1 Å². The molecule has 2 heterocycles. The predicted octanol–water partition coefficient (Wildman–Crippen LogP) is 3.64. The lowest BCUT2D eigenvalue weighted by Crippen LogP contribution is -2.21. The molecule has 4 N–H and O–H groups in total. The molecule has 0 aliphatic carbocycles. The Labute approximate surface area is 181 Å². The monoisotopic (exact) mass is 454 g/mol. The van der Waals surface area contributed by atoms with Crippen molar-refractivity contribution in [1.29, 1.82) is 0 Å². The molecule has 0 spiro atoms. The zero-order chi connectivity index (χ0) is 23.6. The fourth-order valence-corrected chi connectivity index (χ4v) is 2.48. The third-order valence-corrected chi connectivity index (χ3v) is 4.04. The van der Waals surface area contributed by atoms with Crippen LogP contribution >= 0.6 is 0 Å². The van der Waals surface area contributed by atoms with Crippen LogP contribution in [-0.2, 0) is 4.79 Å². The molecule has 0 fully saturated rings. The molecule has 12 heteroatoms. The second-order valence-corrected chi connectivity index (χ2v) is 6.47. The van der Waals surface area contributed by atoms with E-state index in [0.717, 1.165) is 43.6 Å². The SMILES string of the molecule is NCCCCCNc1nccc(-c2cnn(-c3ccccc3F)c2)n1.O=C(O)C(F)(F)F. The first kappa shape index (κ1) is 24.7. The van der Waals surface area contributed by atoms with Crippen LogP contribution in [0.15, 0.2) is 48.9 Å². The lowest BCUT2D eigenvalue weighted by Gasteiger charge is -2.05. The molecule has 8 nitrogen and oxygen atoms in total. The Bertz CT molecular complexity index is 1010. The maximum Gasteiger partial charge on any atom is 0.490 e. The second kappa shape index (κ2) is 11.7. The minimum absolute atomic E-state index is 0.320. The Morgan fingerprint density at radius 3 is 2.53 bits per heavy atom. The predicted molar refractivity (Wildman–Crippen MR) is 110 cm³/mol. The van der Waals surface area contributed by atoms with Crippen LogP contribution in [0, 0.1) is 5.82 Å². The largest absolute Gasteiger partial charge is 0.490 e. The summed E-state index contributed by atoms with van der Waals surface area (Å²) in [5.41, 5.74) is 7.43. The number of unbranched alkanes of at least 4 members (excludes halogenated alkanes) is 2. The molecule has 172 valence electrons. The minimum atomic E-state index is -5.08. The number of alkyl halides is 3. The van der Waals surface area contributed by atoms with Crippen LogP contribution in [0.3, 0.4) is 0 Å². The molecule has 0 bridgehead atoms. The number of carboxylic acids is 1. The maximum atomic E-state index is 13.9. The van der Waals surface area contributed by atoms with Gasteiger partial charge in [-0.25, -0.2) is 23.8 Å². The van der Waals surface area contributed by atoms with Gasteiger partial charge in [-0.15, -0.1) is 0 Å². The Morgan fingerprint density at radius 1 is 1.16 bits per heavy atom. The van der Waals surface area contributed by atoms with Crippen molar-refractivity contribution in [2.75, 3.05) is 18.4 Å². The number of nitrogens with zero attached hydrogens (tertiary/aromatic N) is 4. The van der Waals surface area contributed by atoms with Crippen LogP contribution in [0.25, 0.3) is 16.9 Å². The van der Waals surface area contributed by atoms with E-state index in [1.807, 2.05) is 6.07 Å². The van der Waals surface area contributed by atoms with Crippen molar-refractivity contribution in [3.8, 4) is 16.9 Å². The quantitative estimate of drug-likeness (QED) is 0.351. The van der Waals surface area contributed by atoms with Gasteiger partial charge in [-0.2, -0.15) is 18.3 Å². The van der Waals surface area contributed by atoms with Crippen LogP contribution in [0.2, 0.25) is 0 Å². The first-order chi connectivity index (χ1) is 15.2. The summed E-state index contributed by atoms with van der Waals surface area (Å²) in [6, 6.07) is 8.33. The third-order valence-electron chi connectivity index (χ3n) is 4.04. The third kappa shape index (κ3) is 7.61. The van der Waals surface area contributed by atoms with Gasteiger partial charge in [-0.3, -0.25) is 0 Å². The van der Waals surface area contributed by atoms with E-state index in [0.29, 0.717) is 11.6 Å². The van der Waals surface area contributed by atoms with Crippen molar-refractivity contribution in [3.63, 3.8) is 0 Å². The molecular weight excluding hydrogens is 432 g/mol. The lowest BCUT2D eigenvalue weighted by atomic mass is 10.2. The van der Waals surface area contributed by atoms with Crippen LogP contribution in [0.4, 0.5) is 23.5 Å². The number of hydrogen-bond acceptors (Lipinski definition) is 6. The molecular formula is C20H22F4N6O2. The van der Waals surface area contributed by atoms with Crippen molar-refractivity contribution < 1.29 is 27.5 Å². The second-order valence-electron chi connectivity index (χ2n) is 6.47. The molecule has 0 aliphatic heterocycles. The average molecular weight is 454 g/mol. The summed E-state index contributed by atoms with van der Waals surface area (Å²) in [6.45, 7) is 1.52. The number of aromatic nitrogens is 4. The molecule has 0 amide bonds. The van der Waals surface area contributed by atoms with Crippen molar-refractivity contribution >= 4 is 11.9 Å². The zero-order valence-electron chi connectivity index (χ0n) is 16.9. The summed E-state index contributed by atoms with van der Waals surface area (Å²) in [6.07, 6.45) is 3.17. The fraction of sp³-hybridized carbons (Fsp3) is 0.300. The Morgan fingerprint density at radius 2 is 1.88 bits per heavy atom. The van der Waals surface area contributed by atoms with Gasteiger partial charge >= 0.3 is 12.1 Å². The van der Waals surface area contributed by atoms with Crippen molar-refractivity contribution in [2.45, 2.75) is 25.4 Å². The molecule has 0 saturated heterocycles. The molecule has 0 aliphatic rings. The topological polar surface area (TPSA) is 119 Å². The molecule has 0 saturated carbocycles. The van der Waals surface area contributed by atoms with E-state index in [4.69, 9.17) is 15.6 Å². The Hall–Kier alpha value is -3.54. The van der Waals surface area contributed by atoms with Gasteiger partial charge in [0.2, 0.25) is 5.95 Å². The normalized spacial score (nSPS) is 10.9. The van der Waals surface area contributed by atoms with E-state index >= 15 is 0 Å². The van der Waals surface area contributed by atoms with Gasteiger partial charge in [0, 0.05) is 24.5 Å². The number of rotatable bonds is 8. The molecule has 3 aromatic rings. The number of nitrogens with one attached hydrogen (secondary N) is 1. The molecule has 0 unspecified atom stereocenters. The molecule has 1 aromatic carbocycles. The van der Waals surface area contributed by atoms with E-state index in [2.05, 4.69) is 20.4 Å². The lowest BCUT2D eigenvalue weighted by molar-refractivity contribution is -0.192. The summed E-state index contributed by atoms with van der Waals surface area (Å²) >= 11 is 0. The van der Waals surface area contributed by atoms with Gasteiger partial charge in [-0.1, -0.05) is 18.6 Å². The standard InChI is InChI=1S/C18H21FN6.C2HF3O2/c19-15-6-2-3-7-17(15)25-13-14(12-23-25)16-8-11-22-18(24-16)21-10-5-1-4-9-20;3-2(4,5)1(6)7/h2-3,6-8,11-13H,1,4-5,9-10,20H2,(H,21,22,24);(H,6,7). The summed E-state index contributed by atoms with van der Waals surface area (Å²) in [4.78, 5) is 17.6. The Kier molecular flexibility index (Phi) is 9.08. The number of carbonyl (C=O) groups is 1. The smallest absolute Gasteiger partial charge is 0.475 e. The highest BCUT2D eigenvalue weighted by Crippen LogP contribution is 2.20. The van der Waals surface area contributed by atoms with Gasteiger partial charge in [0.05, 0.1) is 11.9 Å². The average Bonchev–Trinajstić information content (AvgIpc) is 3.24. The van der Waals surface area contributed by atoms with E-state index in [1.54, 1.807) is 36.8 Å². The van der Waals surface area contributed by atoms with E-state index in [1.165, 1.54) is 10.7 Å². The molecule has 32 heavy (non-hydrogen) atoms. The number of benzene rings is 1. The Balaban J connectivity index is 0.000000451. The van der Waals surface area contributed by atoms with Gasteiger partial charge in [0.15, 0.2) is 0 Å². The first-order valence-electron chi connectivity index (χ1n) is 9.59. The van der Waals surface area contributed by atoms with E-state index in [-0.39, 0.29) is 5.82 Å². The van der Waals surface area contributed by atoms with Gasteiger partial charge in [-0.05, 0) is 37.6 Å². The number of aliphatic carboxylic acids is 1. The molecule has 0 atom stereocenters. The van der Waals surface area contributed by atoms with Crippen LogP contribution < -0.4 is 11.1 Å². The van der Waals surface area contributed by atoms with Crippen LogP contribution in [0.5, 0.6) is 0 Å². The van der Waals surface area contributed by atoms with Crippen molar-refractivity contribution in [1.82, 2.24) is 19.7 Å². The molecule has 0 radical (unpaired) electrons. The summed E-state index contributed by atoms with van der Waals surface area (Å²) in [5.74, 6) is -2.50. The first-order valence-corrected chi connectivity index (χ1v) is 9.59. The summed E-state index contributed by atoms with van der Waals surface area (Å²) in [7, 11) is 0. The maximum absolute atomic E-state index is 13.9. The zero-order valence-corrected chi connectivity index (χ0v) is 16.9. The highest BCUT2D eigenvalue weighted by Gasteiger charge is 2.38. The fourth-order valence-electron chi connectivity index (χ4n) is 2.48. The number of nitrogens with two attached hydrogens (primary N) is 1. The number of para-hydroxylation sites is 1. The number of halogens is 4.